The number of halogens is 1. The maximum atomic E-state index is 10.6. The second-order valence-corrected chi connectivity index (χ2v) is 4.82. The van der Waals surface area contributed by atoms with Gasteiger partial charge in [0.15, 0.2) is 0 Å². The van der Waals surface area contributed by atoms with Crippen molar-refractivity contribution < 1.29 is 14.6 Å². The van der Waals surface area contributed by atoms with Crippen molar-refractivity contribution in [2.45, 2.75) is 6.92 Å². The maximum Gasteiger partial charge on any atom is 0.328 e. The quantitative estimate of drug-likeness (QED) is 0.693. The average molecular weight is 284 g/mol. The summed E-state index contributed by atoms with van der Waals surface area (Å²) in [6.07, 6.45) is 2.59. The van der Waals surface area contributed by atoms with Crippen LogP contribution in [0.5, 0.6) is 5.75 Å². The van der Waals surface area contributed by atoms with E-state index in [1.165, 1.54) is 17.4 Å². The van der Waals surface area contributed by atoms with Gasteiger partial charge in [-0.1, -0.05) is 11.6 Å². The molecule has 0 saturated heterocycles. The number of hydrogen-bond donors (Lipinski definition) is 1. The SMILES string of the molecule is COc1csc2c(Cl)nc(C)c(C=CC(=O)O)c12. The van der Waals surface area contributed by atoms with Crippen molar-refractivity contribution in [2.24, 2.45) is 0 Å². The van der Waals surface area contributed by atoms with Gasteiger partial charge in [0.1, 0.15) is 10.9 Å². The van der Waals surface area contributed by atoms with Gasteiger partial charge in [0.2, 0.25) is 0 Å². The normalized spacial score (nSPS) is 11.3. The Balaban J connectivity index is 2.77. The number of methoxy groups -OCH3 is 1. The smallest absolute Gasteiger partial charge is 0.328 e. The summed E-state index contributed by atoms with van der Waals surface area (Å²) in [6.45, 7) is 1.78. The first-order valence-corrected chi connectivity index (χ1v) is 6.32. The van der Waals surface area contributed by atoms with E-state index in [1.807, 2.05) is 5.38 Å². The maximum absolute atomic E-state index is 10.6. The molecule has 0 amide bonds. The Hall–Kier alpha value is -1.59. The Bertz CT molecular complexity index is 648. The van der Waals surface area contributed by atoms with Gasteiger partial charge in [-0.15, -0.1) is 11.3 Å². The van der Waals surface area contributed by atoms with E-state index < -0.39 is 5.97 Å². The third-order valence-electron chi connectivity index (χ3n) is 2.48. The predicted molar refractivity (Wildman–Crippen MR) is 72.6 cm³/mol. The van der Waals surface area contributed by atoms with Crippen molar-refractivity contribution in [3.63, 3.8) is 0 Å². The highest BCUT2D eigenvalue weighted by Crippen LogP contribution is 2.39. The van der Waals surface area contributed by atoms with E-state index in [0.29, 0.717) is 16.6 Å². The predicted octanol–water partition coefficient (Wildman–Crippen LogP) is 3.36. The molecule has 6 heteroatoms. The number of nitrogens with zero attached hydrogens (tertiary/aromatic N) is 1. The van der Waals surface area contributed by atoms with Gasteiger partial charge in [0.05, 0.1) is 11.8 Å². The van der Waals surface area contributed by atoms with Gasteiger partial charge in [-0.25, -0.2) is 9.78 Å². The van der Waals surface area contributed by atoms with E-state index in [2.05, 4.69) is 4.98 Å². The molecule has 2 heterocycles. The number of aryl methyl sites for hydroxylation is 1. The van der Waals surface area contributed by atoms with Crippen molar-refractivity contribution in [3.05, 3.63) is 27.9 Å². The second-order valence-electron chi connectivity index (χ2n) is 3.58. The van der Waals surface area contributed by atoms with Gasteiger partial charge in [0, 0.05) is 28.1 Å². The molecule has 0 aromatic carbocycles. The molecule has 0 fully saturated rings. The van der Waals surface area contributed by atoms with Crippen LogP contribution in [0.4, 0.5) is 0 Å². The lowest BCUT2D eigenvalue weighted by Gasteiger charge is -2.05. The number of carboxylic acids is 1. The van der Waals surface area contributed by atoms with Gasteiger partial charge < -0.3 is 9.84 Å². The Morgan fingerprint density at radius 3 is 2.94 bits per heavy atom. The zero-order valence-electron chi connectivity index (χ0n) is 9.73. The molecule has 4 nitrogen and oxygen atoms in total. The number of pyridine rings is 1. The highest BCUT2D eigenvalue weighted by molar-refractivity contribution is 7.18. The van der Waals surface area contributed by atoms with Gasteiger partial charge in [-0.3, -0.25) is 0 Å². The van der Waals surface area contributed by atoms with Crippen molar-refractivity contribution in [3.8, 4) is 5.75 Å². The minimum absolute atomic E-state index is 0.406. The molecular formula is C12H10ClNO3S. The number of rotatable bonds is 3. The fraction of sp³-hybridized carbons (Fsp3) is 0.167. The molecule has 0 unspecified atom stereocenters. The minimum atomic E-state index is -1.01. The second kappa shape index (κ2) is 4.96. The highest BCUT2D eigenvalue weighted by Gasteiger charge is 2.15. The lowest BCUT2D eigenvalue weighted by atomic mass is 10.1. The molecule has 0 saturated carbocycles. The molecular weight excluding hydrogens is 274 g/mol. The van der Waals surface area contributed by atoms with Crippen molar-refractivity contribution in [1.82, 2.24) is 4.98 Å². The van der Waals surface area contributed by atoms with Crippen LogP contribution in [0.2, 0.25) is 5.15 Å². The minimum Gasteiger partial charge on any atom is -0.495 e. The molecule has 0 spiro atoms. The van der Waals surface area contributed by atoms with Crippen molar-refractivity contribution in [2.75, 3.05) is 7.11 Å². The van der Waals surface area contributed by atoms with Crippen LogP contribution >= 0.6 is 22.9 Å². The summed E-state index contributed by atoms with van der Waals surface area (Å²) in [6, 6.07) is 0. The van der Waals surface area contributed by atoms with Crippen molar-refractivity contribution in [1.29, 1.82) is 0 Å². The highest BCUT2D eigenvalue weighted by atomic mass is 35.5. The first-order valence-electron chi connectivity index (χ1n) is 5.07. The lowest BCUT2D eigenvalue weighted by Crippen LogP contribution is -1.92. The van der Waals surface area contributed by atoms with Crippen LogP contribution in [0.1, 0.15) is 11.3 Å². The summed E-state index contributed by atoms with van der Waals surface area (Å²) in [5.74, 6) is -0.334. The molecule has 0 atom stereocenters. The number of carbonyl (C=O) groups is 1. The third-order valence-corrected chi connectivity index (χ3v) is 3.83. The molecule has 2 aromatic rings. The number of thiophene rings is 1. The Morgan fingerprint density at radius 1 is 1.61 bits per heavy atom. The van der Waals surface area contributed by atoms with Crippen LogP contribution < -0.4 is 4.74 Å². The summed E-state index contributed by atoms with van der Waals surface area (Å²) < 4.78 is 6.06. The Kier molecular flexibility index (Phi) is 3.54. The first kappa shape index (κ1) is 12.9. The summed E-state index contributed by atoms with van der Waals surface area (Å²) in [4.78, 5) is 14.8. The molecule has 0 aliphatic heterocycles. The average Bonchev–Trinajstić information content (AvgIpc) is 2.72. The Morgan fingerprint density at radius 2 is 2.33 bits per heavy atom. The molecule has 0 aliphatic rings. The Labute approximate surface area is 112 Å². The van der Waals surface area contributed by atoms with E-state index in [-0.39, 0.29) is 0 Å². The van der Waals surface area contributed by atoms with Gasteiger partial charge in [-0.05, 0) is 13.0 Å². The molecule has 0 radical (unpaired) electrons. The van der Waals surface area contributed by atoms with Crippen molar-refractivity contribution >= 4 is 45.1 Å². The van der Waals surface area contributed by atoms with Crippen LogP contribution in [0.3, 0.4) is 0 Å². The van der Waals surface area contributed by atoms with Crippen LogP contribution in [0.25, 0.3) is 16.2 Å². The topological polar surface area (TPSA) is 59.4 Å². The van der Waals surface area contributed by atoms with Crippen LogP contribution in [0, 0.1) is 6.92 Å². The van der Waals surface area contributed by atoms with E-state index in [9.17, 15) is 4.79 Å². The lowest BCUT2D eigenvalue weighted by molar-refractivity contribution is -0.131. The molecule has 18 heavy (non-hydrogen) atoms. The zero-order chi connectivity index (χ0) is 13.3. The van der Waals surface area contributed by atoms with E-state index in [4.69, 9.17) is 21.4 Å². The van der Waals surface area contributed by atoms with E-state index >= 15 is 0 Å². The molecule has 0 aliphatic carbocycles. The fourth-order valence-corrected chi connectivity index (χ4v) is 2.96. The number of aromatic nitrogens is 1. The monoisotopic (exact) mass is 283 g/mol. The number of ether oxygens (including phenoxy) is 1. The largest absolute Gasteiger partial charge is 0.495 e. The number of carboxylic acid groups (broad SMARTS) is 1. The number of hydrogen-bond acceptors (Lipinski definition) is 4. The van der Waals surface area contributed by atoms with Gasteiger partial charge in [-0.2, -0.15) is 0 Å². The molecule has 2 aromatic heterocycles. The summed E-state index contributed by atoms with van der Waals surface area (Å²) in [5.41, 5.74) is 1.39. The zero-order valence-corrected chi connectivity index (χ0v) is 11.3. The fourth-order valence-electron chi connectivity index (χ4n) is 1.70. The van der Waals surface area contributed by atoms with Gasteiger partial charge >= 0.3 is 5.97 Å². The van der Waals surface area contributed by atoms with E-state index in [1.54, 1.807) is 14.0 Å². The molecule has 0 bridgehead atoms. The number of fused-ring (bicyclic) bond motifs is 1. The van der Waals surface area contributed by atoms with Crippen LogP contribution in [0.15, 0.2) is 11.5 Å². The third kappa shape index (κ3) is 2.19. The number of aliphatic carboxylic acids is 1. The van der Waals surface area contributed by atoms with E-state index in [0.717, 1.165) is 21.7 Å². The summed E-state index contributed by atoms with van der Waals surface area (Å²) in [5, 5.41) is 11.7. The molecule has 94 valence electrons. The first-order chi connectivity index (χ1) is 8.54. The summed E-state index contributed by atoms with van der Waals surface area (Å²) >= 11 is 7.49. The van der Waals surface area contributed by atoms with Gasteiger partial charge in [0.25, 0.3) is 0 Å². The standard InChI is InChI=1S/C12H10ClNO3S/c1-6-7(3-4-9(15)16)10-8(17-2)5-18-11(10)12(13)14-6/h3-5H,1-2H3,(H,15,16). The molecule has 2 rings (SSSR count). The summed E-state index contributed by atoms with van der Waals surface area (Å²) in [7, 11) is 1.57. The van der Waals surface area contributed by atoms with Crippen LogP contribution in [-0.4, -0.2) is 23.2 Å². The van der Waals surface area contributed by atoms with Crippen LogP contribution in [-0.2, 0) is 4.79 Å². The molecule has 1 N–H and O–H groups in total.